The summed E-state index contributed by atoms with van der Waals surface area (Å²) in [5.74, 6) is 0. The van der Waals surface area contributed by atoms with Gasteiger partial charge in [-0.15, -0.1) is 0 Å². The van der Waals surface area contributed by atoms with E-state index in [1.165, 1.54) is 25.1 Å². The van der Waals surface area contributed by atoms with E-state index in [0.717, 1.165) is 5.65 Å². The van der Waals surface area contributed by atoms with Gasteiger partial charge in [-0.2, -0.15) is 0 Å². The molecule has 2 aromatic heterocycles. The van der Waals surface area contributed by atoms with Crippen LogP contribution < -0.4 is 17.7 Å². The lowest BCUT2D eigenvalue weighted by atomic mass is 10.1. The van der Waals surface area contributed by atoms with Gasteiger partial charge in [-0.25, -0.2) is 4.98 Å². The molecule has 1 unspecified atom stereocenters. The number of nitrogens with zero attached hydrogens (tertiary/aromatic N) is 2. The van der Waals surface area contributed by atoms with E-state index in [9.17, 15) is 0 Å². The maximum Gasteiger partial charge on any atom is 0.137 e. The Balaban J connectivity index is 0.000000853. The molecule has 1 saturated heterocycles. The van der Waals surface area contributed by atoms with Crippen molar-refractivity contribution < 1.29 is 17.7 Å². The first-order valence-corrected chi connectivity index (χ1v) is 5.20. The summed E-state index contributed by atoms with van der Waals surface area (Å²) in [5.41, 5.74) is 2.44. The van der Waals surface area contributed by atoms with Gasteiger partial charge in [0.2, 0.25) is 0 Å². The molecule has 4 heteroatoms. The van der Waals surface area contributed by atoms with Crippen molar-refractivity contribution in [2.75, 3.05) is 6.54 Å². The van der Waals surface area contributed by atoms with Gasteiger partial charge in [-0.1, -0.05) is 6.07 Å². The van der Waals surface area contributed by atoms with Crippen LogP contribution >= 0.6 is 0 Å². The molecule has 0 aliphatic carbocycles. The Labute approximate surface area is 94.9 Å². The zero-order valence-corrected chi connectivity index (χ0v) is 9.19. The predicted molar refractivity (Wildman–Crippen MR) is 54.0 cm³/mol. The normalized spacial score (nSPS) is 20.4. The standard InChI is InChI=1S/C11H13N3.ClH/c1-4-10(9-3-2-6-12-9)14-8-7-13-11(14)5-1;/h1,4-5,7-9,12H,2-3,6H2;1H. The number of hydrogen-bond donors (Lipinski definition) is 1. The van der Waals surface area contributed by atoms with Crippen LogP contribution in [0.15, 0.2) is 30.6 Å². The smallest absolute Gasteiger partial charge is 0.137 e. The molecule has 3 nitrogen and oxygen atoms in total. The molecule has 3 heterocycles. The van der Waals surface area contributed by atoms with E-state index in [2.05, 4.69) is 39.1 Å². The zero-order chi connectivity index (χ0) is 9.38. The molecule has 0 saturated carbocycles. The lowest BCUT2D eigenvalue weighted by Crippen LogP contribution is -3.00. The van der Waals surface area contributed by atoms with Crippen LogP contribution in [0.1, 0.15) is 24.6 Å². The van der Waals surface area contributed by atoms with Crippen molar-refractivity contribution >= 4 is 5.65 Å². The molecule has 2 N–H and O–H groups in total. The van der Waals surface area contributed by atoms with Gasteiger partial charge in [-0.3, -0.25) is 4.40 Å². The highest BCUT2D eigenvalue weighted by Gasteiger charge is 2.22. The van der Waals surface area contributed by atoms with Crippen LogP contribution in [0.4, 0.5) is 0 Å². The number of hydrogen-bond acceptors (Lipinski definition) is 1. The topological polar surface area (TPSA) is 33.9 Å². The fraction of sp³-hybridized carbons (Fsp3) is 0.364. The number of rotatable bonds is 1. The van der Waals surface area contributed by atoms with E-state index in [0.29, 0.717) is 6.04 Å². The molecule has 0 radical (unpaired) electrons. The minimum Gasteiger partial charge on any atom is -1.00 e. The van der Waals surface area contributed by atoms with Gasteiger partial charge < -0.3 is 17.7 Å². The van der Waals surface area contributed by atoms with Crippen LogP contribution in [0.2, 0.25) is 0 Å². The highest BCUT2D eigenvalue weighted by Crippen LogP contribution is 2.18. The molecular weight excluding hydrogens is 210 g/mol. The van der Waals surface area contributed by atoms with Gasteiger partial charge >= 0.3 is 0 Å². The van der Waals surface area contributed by atoms with Gasteiger partial charge in [-0.05, 0) is 12.1 Å². The van der Waals surface area contributed by atoms with E-state index in [-0.39, 0.29) is 12.4 Å². The first-order valence-electron chi connectivity index (χ1n) is 5.20. The van der Waals surface area contributed by atoms with Gasteiger partial charge in [0.1, 0.15) is 11.7 Å². The summed E-state index contributed by atoms with van der Waals surface area (Å²) >= 11 is 0. The predicted octanol–water partition coefficient (Wildman–Crippen LogP) is -2.26. The Bertz CT molecular complexity index is 446. The lowest BCUT2D eigenvalue weighted by molar-refractivity contribution is -0.676. The number of aromatic nitrogens is 2. The summed E-state index contributed by atoms with van der Waals surface area (Å²) < 4.78 is 2.20. The fourth-order valence-corrected chi connectivity index (χ4v) is 2.32. The molecule has 80 valence electrons. The minimum absolute atomic E-state index is 0. The van der Waals surface area contributed by atoms with Gasteiger partial charge in [0.15, 0.2) is 0 Å². The molecule has 1 atom stereocenters. The van der Waals surface area contributed by atoms with Crippen LogP contribution in [-0.2, 0) is 0 Å². The van der Waals surface area contributed by atoms with E-state index in [4.69, 9.17) is 0 Å². The van der Waals surface area contributed by atoms with E-state index < -0.39 is 0 Å². The Morgan fingerprint density at radius 2 is 2.33 bits per heavy atom. The number of quaternary nitrogens is 1. The second-order valence-corrected chi connectivity index (χ2v) is 3.88. The number of fused-ring (bicyclic) bond motifs is 1. The second kappa shape index (κ2) is 4.21. The van der Waals surface area contributed by atoms with Crippen molar-refractivity contribution in [2.45, 2.75) is 18.9 Å². The molecule has 0 bridgehead atoms. The SMILES string of the molecule is [Cl-].c1cc(C2CCC[NH2+]2)n2ccnc2c1. The number of halogens is 1. The van der Waals surface area contributed by atoms with E-state index in [1.807, 2.05) is 6.20 Å². The van der Waals surface area contributed by atoms with Gasteiger partial charge in [0, 0.05) is 25.2 Å². The van der Waals surface area contributed by atoms with E-state index in [1.54, 1.807) is 0 Å². The quantitative estimate of drug-likeness (QED) is 0.582. The van der Waals surface area contributed by atoms with Crippen LogP contribution in [0.5, 0.6) is 0 Å². The maximum atomic E-state index is 4.30. The largest absolute Gasteiger partial charge is 1.00 e. The molecular formula is C11H14ClN3. The Kier molecular flexibility index (Phi) is 2.93. The van der Waals surface area contributed by atoms with Crippen molar-refractivity contribution in [1.82, 2.24) is 9.38 Å². The summed E-state index contributed by atoms with van der Waals surface area (Å²) in [5, 5.41) is 2.43. The molecule has 0 amide bonds. The fourth-order valence-electron chi connectivity index (χ4n) is 2.32. The van der Waals surface area contributed by atoms with Crippen LogP contribution in [0.3, 0.4) is 0 Å². The van der Waals surface area contributed by atoms with Crippen LogP contribution in [0.25, 0.3) is 5.65 Å². The summed E-state index contributed by atoms with van der Waals surface area (Å²) in [7, 11) is 0. The number of nitrogens with two attached hydrogens (primary N) is 1. The first-order chi connectivity index (χ1) is 6.95. The monoisotopic (exact) mass is 223 g/mol. The Morgan fingerprint density at radius 3 is 3.13 bits per heavy atom. The van der Waals surface area contributed by atoms with Crippen molar-refractivity contribution in [2.24, 2.45) is 0 Å². The van der Waals surface area contributed by atoms with Crippen LogP contribution in [0, 0.1) is 0 Å². The van der Waals surface area contributed by atoms with E-state index >= 15 is 0 Å². The summed E-state index contributed by atoms with van der Waals surface area (Å²) in [6.07, 6.45) is 6.54. The van der Waals surface area contributed by atoms with Crippen molar-refractivity contribution in [3.8, 4) is 0 Å². The molecule has 1 fully saturated rings. The minimum atomic E-state index is 0. The number of imidazole rings is 1. The third kappa shape index (κ3) is 1.73. The molecule has 2 aromatic rings. The Morgan fingerprint density at radius 1 is 1.40 bits per heavy atom. The zero-order valence-electron chi connectivity index (χ0n) is 8.44. The molecule has 0 spiro atoms. The maximum absolute atomic E-state index is 4.30. The average Bonchev–Trinajstić information content (AvgIpc) is 2.88. The third-order valence-electron chi connectivity index (χ3n) is 3.01. The molecule has 15 heavy (non-hydrogen) atoms. The first kappa shape index (κ1) is 10.5. The lowest BCUT2D eigenvalue weighted by Gasteiger charge is -2.09. The van der Waals surface area contributed by atoms with Gasteiger partial charge in [0.05, 0.1) is 12.2 Å². The van der Waals surface area contributed by atoms with Crippen molar-refractivity contribution in [3.05, 3.63) is 36.3 Å². The third-order valence-corrected chi connectivity index (χ3v) is 3.01. The summed E-state index contributed by atoms with van der Waals surface area (Å²) in [6.45, 7) is 1.26. The number of pyridine rings is 1. The highest BCUT2D eigenvalue weighted by atomic mass is 35.5. The molecule has 3 rings (SSSR count). The molecule has 1 aliphatic rings. The van der Waals surface area contributed by atoms with Crippen LogP contribution in [-0.4, -0.2) is 15.9 Å². The summed E-state index contributed by atoms with van der Waals surface area (Å²) in [6, 6.07) is 7.00. The highest BCUT2D eigenvalue weighted by molar-refractivity contribution is 5.40. The second-order valence-electron chi connectivity index (χ2n) is 3.88. The van der Waals surface area contributed by atoms with Gasteiger partial charge in [0.25, 0.3) is 0 Å². The molecule has 1 aliphatic heterocycles. The van der Waals surface area contributed by atoms with Crippen molar-refractivity contribution in [1.29, 1.82) is 0 Å². The Hall–Kier alpha value is -1.06. The van der Waals surface area contributed by atoms with Crippen molar-refractivity contribution in [3.63, 3.8) is 0 Å². The summed E-state index contributed by atoms with van der Waals surface area (Å²) in [4.78, 5) is 4.30. The molecule has 0 aromatic carbocycles. The average molecular weight is 224 g/mol.